The molecule has 0 radical (unpaired) electrons. The van der Waals surface area contributed by atoms with E-state index in [4.69, 9.17) is 23.7 Å². The van der Waals surface area contributed by atoms with Gasteiger partial charge >= 0.3 is 0 Å². The predicted molar refractivity (Wildman–Crippen MR) is 150 cm³/mol. The molecular weight excluding hydrogens is 496 g/mol. The predicted octanol–water partition coefficient (Wildman–Crippen LogP) is 4.66. The average molecular weight is 535 g/mol. The number of ether oxygens (including phenoxy) is 5. The SMILES string of the molecule is COc1cc(OC)cc(C(=O)N(CCCN2CCOCC2)Cc2ccc(OCc3ccccc3)c(OC)c2)c1. The summed E-state index contributed by atoms with van der Waals surface area (Å²) in [6.07, 6.45) is 0.849. The lowest BCUT2D eigenvalue weighted by Gasteiger charge is -2.28. The van der Waals surface area contributed by atoms with E-state index in [0.29, 0.717) is 48.3 Å². The molecule has 1 aliphatic rings. The van der Waals surface area contributed by atoms with Crippen molar-refractivity contribution < 1.29 is 28.5 Å². The zero-order chi connectivity index (χ0) is 27.5. The Balaban J connectivity index is 1.50. The fraction of sp³-hybridized carbons (Fsp3) is 0.387. The normalized spacial score (nSPS) is 13.5. The summed E-state index contributed by atoms with van der Waals surface area (Å²) in [5.41, 5.74) is 2.55. The van der Waals surface area contributed by atoms with Gasteiger partial charge in [-0.3, -0.25) is 9.69 Å². The molecule has 0 N–H and O–H groups in total. The largest absolute Gasteiger partial charge is 0.497 e. The van der Waals surface area contributed by atoms with E-state index in [9.17, 15) is 4.79 Å². The summed E-state index contributed by atoms with van der Waals surface area (Å²) in [6, 6.07) is 21.1. The smallest absolute Gasteiger partial charge is 0.254 e. The highest BCUT2D eigenvalue weighted by Crippen LogP contribution is 2.30. The second-order valence-corrected chi connectivity index (χ2v) is 9.40. The molecule has 208 valence electrons. The first-order valence-corrected chi connectivity index (χ1v) is 13.3. The first kappa shape index (κ1) is 28.3. The van der Waals surface area contributed by atoms with Crippen molar-refractivity contribution in [1.82, 2.24) is 9.80 Å². The first-order valence-electron chi connectivity index (χ1n) is 13.3. The minimum Gasteiger partial charge on any atom is -0.497 e. The van der Waals surface area contributed by atoms with Gasteiger partial charge in [0.15, 0.2) is 11.5 Å². The third-order valence-electron chi connectivity index (χ3n) is 6.73. The van der Waals surface area contributed by atoms with Gasteiger partial charge in [-0.2, -0.15) is 0 Å². The van der Waals surface area contributed by atoms with Gasteiger partial charge in [0.05, 0.1) is 34.5 Å². The number of benzene rings is 3. The highest BCUT2D eigenvalue weighted by atomic mass is 16.5. The van der Waals surface area contributed by atoms with Crippen molar-refractivity contribution in [2.45, 2.75) is 19.6 Å². The van der Waals surface area contributed by atoms with Crippen molar-refractivity contribution in [3.05, 3.63) is 83.4 Å². The topological polar surface area (TPSA) is 69.7 Å². The van der Waals surface area contributed by atoms with Gasteiger partial charge in [0, 0.05) is 44.4 Å². The lowest BCUT2D eigenvalue weighted by Crippen LogP contribution is -2.39. The van der Waals surface area contributed by atoms with E-state index in [0.717, 1.165) is 50.4 Å². The molecule has 39 heavy (non-hydrogen) atoms. The Morgan fingerprint density at radius 2 is 1.56 bits per heavy atom. The Bertz CT molecular complexity index is 1170. The van der Waals surface area contributed by atoms with Crippen molar-refractivity contribution in [2.24, 2.45) is 0 Å². The zero-order valence-corrected chi connectivity index (χ0v) is 23.1. The molecule has 0 spiro atoms. The Hall–Kier alpha value is -3.75. The molecule has 0 unspecified atom stereocenters. The lowest BCUT2D eigenvalue weighted by molar-refractivity contribution is 0.0355. The van der Waals surface area contributed by atoms with Crippen LogP contribution in [0.1, 0.15) is 27.9 Å². The van der Waals surface area contributed by atoms with Gasteiger partial charge in [0.25, 0.3) is 5.91 Å². The number of methoxy groups -OCH3 is 3. The van der Waals surface area contributed by atoms with Crippen LogP contribution >= 0.6 is 0 Å². The van der Waals surface area contributed by atoms with E-state index in [2.05, 4.69) is 4.90 Å². The van der Waals surface area contributed by atoms with Gasteiger partial charge in [-0.15, -0.1) is 0 Å². The molecule has 0 atom stereocenters. The Morgan fingerprint density at radius 1 is 0.846 bits per heavy atom. The molecule has 0 saturated carbocycles. The molecule has 1 amide bonds. The molecule has 0 aliphatic carbocycles. The summed E-state index contributed by atoms with van der Waals surface area (Å²) < 4.78 is 27.9. The Kier molecular flexibility index (Phi) is 10.4. The van der Waals surface area contributed by atoms with Crippen LogP contribution in [-0.2, 0) is 17.9 Å². The molecule has 3 aromatic carbocycles. The van der Waals surface area contributed by atoms with E-state index in [-0.39, 0.29) is 5.91 Å². The molecule has 1 saturated heterocycles. The van der Waals surface area contributed by atoms with Gasteiger partial charge in [-0.1, -0.05) is 36.4 Å². The number of carbonyl (C=O) groups is 1. The maximum absolute atomic E-state index is 13.8. The van der Waals surface area contributed by atoms with Gasteiger partial charge < -0.3 is 28.6 Å². The fourth-order valence-corrected chi connectivity index (χ4v) is 4.56. The third kappa shape index (κ3) is 8.12. The molecule has 0 bridgehead atoms. The first-order chi connectivity index (χ1) is 19.1. The van der Waals surface area contributed by atoms with E-state index >= 15 is 0 Å². The van der Waals surface area contributed by atoms with Crippen LogP contribution in [-0.4, -0.2) is 76.4 Å². The van der Waals surface area contributed by atoms with E-state index in [1.165, 1.54) is 0 Å². The van der Waals surface area contributed by atoms with Crippen LogP contribution in [0.2, 0.25) is 0 Å². The van der Waals surface area contributed by atoms with Gasteiger partial charge in [-0.05, 0) is 41.8 Å². The maximum Gasteiger partial charge on any atom is 0.254 e. The zero-order valence-electron chi connectivity index (χ0n) is 23.1. The Labute approximate surface area is 231 Å². The van der Waals surface area contributed by atoms with Crippen LogP contribution < -0.4 is 18.9 Å². The fourth-order valence-electron chi connectivity index (χ4n) is 4.56. The second kappa shape index (κ2) is 14.4. The van der Waals surface area contributed by atoms with Gasteiger partial charge in [-0.25, -0.2) is 0 Å². The number of hydrogen-bond acceptors (Lipinski definition) is 7. The molecule has 3 aromatic rings. The molecule has 4 rings (SSSR count). The van der Waals surface area contributed by atoms with Crippen LogP contribution in [0.25, 0.3) is 0 Å². The van der Waals surface area contributed by atoms with E-state index in [1.54, 1.807) is 39.5 Å². The number of morpholine rings is 1. The molecule has 8 nitrogen and oxygen atoms in total. The Morgan fingerprint density at radius 3 is 2.23 bits per heavy atom. The summed E-state index contributed by atoms with van der Waals surface area (Å²) in [5.74, 6) is 2.36. The van der Waals surface area contributed by atoms with Gasteiger partial charge in [0.1, 0.15) is 18.1 Å². The number of carbonyl (C=O) groups excluding carboxylic acids is 1. The van der Waals surface area contributed by atoms with Crippen LogP contribution in [0.4, 0.5) is 0 Å². The molecular formula is C31H38N2O6. The van der Waals surface area contributed by atoms with Gasteiger partial charge in [0.2, 0.25) is 0 Å². The molecule has 1 heterocycles. The van der Waals surface area contributed by atoms with Crippen LogP contribution in [0, 0.1) is 0 Å². The summed E-state index contributed by atoms with van der Waals surface area (Å²) in [6.45, 7) is 5.73. The monoisotopic (exact) mass is 534 g/mol. The quantitative estimate of drug-likeness (QED) is 0.316. The molecule has 8 heteroatoms. The number of nitrogens with zero attached hydrogens (tertiary/aromatic N) is 2. The number of hydrogen-bond donors (Lipinski definition) is 0. The minimum atomic E-state index is -0.0856. The summed E-state index contributed by atoms with van der Waals surface area (Å²) >= 11 is 0. The van der Waals surface area contributed by atoms with Crippen molar-refractivity contribution in [3.8, 4) is 23.0 Å². The second-order valence-electron chi connectivity index (χ2n) is 9.40. The maximum atomic E-state index is 13.8. The molecule has 1 fully saturated rings. The van der Waals surface area contributed by atoms with Crippen molar-refractivity contribution in [1.29, 1.82) is 0 Å². The summed E-state index contributed by atoms with van der Waals surface area (Å²) in [5, 5.41) is 0. The third-order valence-corrected chi connectivity index (χ3v) is 6.73. The van der Waals surface area contributed by atoms with Crippen LogP contribution in [0.5, 0.6) is 23.0 Å². The van der Waals surface area contributed by atoms with E-state index < -0.39 is 0 Å². The van der Waals surface area contributed by atoms with Crippen molar-refractivity contribution in [2.75, 3.05) is 60.7 Å². The highest BCUT2D eigenvalue weighted by Gasteiger charge is 2.20. The van der Waals surface area contributed by atoms with Crippen molar-refractivity contribution >= 4 is 5.91 Å². The number of rotatable bonds is 13. The molecule has 1 aliphatic heterocycles. The van der Waals surface area contributed by atoms with Crippen molar-refractivity contribution in [3.63, 3.8) is 0 Å². The van der Waals surface area contributed by atoms with Crippen LogP contribution in [0.3, 0.4) is 0 Å². The minimum absolute atomic E-state index is 0.0856. The summed E-state index contributed by atoms with van der Waals surface area (Å²) in [4.78, 5) is 18.0. The number of amides is 1. The van der Waals surface area contributed by atoms with E-state index in [1.807, 2.05) is 53.4 Å². The lowest BCUT2D eigenvalue weighted by atomic mass is 10.1. The summed E-state index contributed by atoms with van der Waals surface area (Å²) in [7, 11) is 4.79. The van der Waals surface area contributed by atoms with Crippen LogP contribution in [0.15, 0.2) is 66.7 Å². The highest BCUT2D eigenvalue weighted by molar-refractivity contribution is 5.95. The standard InChI is InChI=1S/C31H38N2O6/c1-35-27-19-26(20-28(21-27)36-2)31(34)33(13-7-12-32-14-16-38-17-15-32)22-25-10-11-29(30(18-25)37-3)39-23-24-8-5-4-6-9-24/h4-6,8-11,18-21H,7,12-17,22-23H2,1-3H3. The average Bonchev–Trinajstić information content (AvgIpc) is 3.00. The molecule has 0 aromatic heterocycles.